The third kappa shape index (κ3) is 3.01. The van der Waals surface area contributed by atoms with E-state index in [2.05, 4.69) is 6.92 Å². The lowest BCUT2D eigenvalue weighted by Crippen LogP contribution is -2.30. The molecule has 3 heteroatoms. The normalized spacial score (nSPS) is 26.0. The maximum Gasteiger partial charge on any atom is 0.0595 e. The summed E-state index contributed by atoms with van der Waals surface area (Å²) in [4.78, 5) is 0. The summed E-state index contributed by atoms with van der Waals surface area (Å²) >= 11 is 12.0. The van der Waals surface area contributed by atoms with Gasteiger partial charge >= 0.3 is 0 Å². The fourth-order valence-electron chi connectivity index (χ4n) is 3.18. The quantitative estimate of drug-likeness (QED) is 0.811. The Balaban J connectivity index is 2.18. The summed E-state index contributed by atoms with van der Waals surface area (Å²) in [5.74, 6) is 1.34. The number of benzene rings is 1. The van der Waals surface area contributed by atoms with Gasteiger partial charge in [0.05, 0.1) is 10.0 Å². The number of halogens is 2. The fourth-order valence-corrected chi connectivity index (χ4v) is 3.49. The van der Waals surface area contributed by atoms with Crippen LogP contribution in [0.3, 0.4) is 0 Å². The van der Waals surface area contributed by atoms with E-state index in [1.807, 2.05) is 18.2 Å². The van der Waals surface area contributed by atoms with Crippen molar-refractivity contribution in [1.82, 2.24) is 0 Å². The molecule has 0 aromatic heterocycles. The highest BCUT2D eigenvalue weighted by Crippen LogP contribution is 2.40. The molecule has 0 aliphatic heterocycles. The number of nitrogens with two attached hydrogens (primary N) is 1. The molecule has 0 radical (unpaired) electrons. The standard InChI is InChI=1S/C15H21Cl2N/c1-2-10-5-3-4-6-12(10)15(18)11-7-8-13(16)14(17)9-11/h7-10,12,15H,2-6,18H2,1H3. The van der Waals surface area contributed by atoms with Crippen LogP contribution in [0.15, 0.2) is 18.2 Å². The average molecular weight is 286 g/mol. The molecule has 1 nitrogen and oxygen atoms in total. The molecule has 1 aromatic carbocycles. The second-order valence-corrected chi connectivity index (χ2v) is 6.13. The fraction of sp³-hybridized carbons (Fsp3) is 0.600. The molecule has 2 rings (SSSR count). The van der Waals surface area contributed by atoms with E-state index in [-0.39, 0.29) is 6.04 Å². The van der Waals surface area contributed by atoms with Gasteiger partial charge in [-0.2, -0.15) is 0 Å². The highest BCUT2D eigenvalue weighted by molar-refractivity contribution is 6.42. The first-order valence-electron chi connectivity index (χ1n) is 6.84. The molecule has 3 unspecified atom stereocenters. The molecule has 18 heavy (non-hydrogen) atoms. The zero-order valence-electron chi connectivity index (χ0n) is 10.8. The summed E-state index contributed by atoms with van der Waals surface area (Å²) in [5, 5.41) is 1.21. The molecule has 0 amide bonds. The lowest BCUT2D eigenvalue weighted by molar-refractivity contribution is 0.196. The summed E-state index contributed by atoms with van der Waals surface area (Å²) in [5.41, 5.74) is 7.57. The van der Waals surface area contributed by atoms with Crippen LogP contribution < -0.4 is 5.73 Å². The van der Waals surface area contributed by atoms with Gasteiger partial charge in [-0.3, -0.25) is 0 Å². The summed E-state index contributed by atoms with van der Waals surface area (Å²) in [6.07, 6.45) is 6.43. The van der Waals surface area contributed by atoms with Crippen molar-refractivity contribution in [2.24, 2.45) is 17.6 Å². The Morgan fingerprint density at radius 3 is 2.61 bits per heavy atom. The first kappa shape index (κ1) is 14.2. The largest absolute Gasteiger partial charge is 0.324 e. The molecule has 0 bridgehead atoms. The Kier molecular flexibility index (Phi) is 4.94. The zero-order chi connectivity index (χ0) is 13.1. The van der Waals surface area contributed by atoms with Crippen molar-refractivity contribution in [2.75, 3.05) is 0 Å². The van der Waals surface area contributed by atoms with Gasteiger partial charge in [0, 0.05) is 6.04 Å². The predicted octanol–water partition coefficient (Wildman–Crippen LogP) is 5.21. The van der Waals surface area contributed by atoms with Crippen LogP contribution in [0.4, 0.5) is 0 Å². The molecular weight excluding hydrogens is 265 g/mol. The maximum absolute atomic E-state index is 6.45. The zero-order valence-corrected chi connectivity index (χ0v) is 12.3. The van der Waals surface area contributed by atoms with Gasteiger partial charge < -0.3 is 5.73 Å². The minimum atomic E-state index is 0.0880. The van der Waals surface area contributed by atoms with E-state index in [9.17, 15) is 0 Å². The summed E-state index contributed by atoms with van der Waals surface area (Å²) in [7, 11) is 0. The molecule has 0 spiro atoms. The van der Waals surface area contributed by atoms with Crippen LogP contribution in [0.1, 0.15) is 50.6 Å². The Bertz CT molecular complexity index is 405. The van der Waals surface area contributed by atoms with Crippen molar-refractivity contribution in [1.29, 1.82) is 0 Å². The topological polar surface area (TPSA) is 26.0 Å². The summed E-state index contributed by atoms with van der Waals surface area (Å²) < 4.78 is 0. The van der Waals surface area contributed by atoms with Crippen LogP contribution >= 0.6 is 23.2 Å². The van der Waals surface area contributed by atoms with E-state index in [1.165, 1.54) is 32.1 Å². The van der Waals surface area contributed by atoms with Crippen LogP contribution in [-0.2, 0) is 0 Å². The second-order valence-electron chi connectivity index (χ2n) is 5.32. The van der Waals surface area contributed by atoms with E-state index >= 15 is 0 Å². The van der Waals surface area contributed by atoms with Gasteiger partial charge in [-0.15, -0.1) is 0 Å². The summed E-state index contributed by atoms with van der Waals surface area (Å²) in [6, 6.07) is 5.88. The number of hydrogen-bond acceptors (Lipinski definition) is 1. The number of hydrogen-bond donors (Lipinski definition) is 1. The monoisotopic (exact) mass is 285 g/mol. The molecule has 0 saturated heterocycles. The number of rotatable bonds is 3. The van der Waals surface area contributed by atoms with Crippen molar-refractivity contribution < 1.29 is 0 Å². The van der Waals surface area contributed by atoms with E-state index < -0.39 is 0 Å². The minimum absolute atomic E-state index is 0.0880. The predicted molar refractivity (Wildman–Crippen MR) is 79.1 cm³/mol. The van der Waals surface area contributed by atoms with Gasteiger partial charge in [-0.05, 0) is 36.0 Å². The molecule has 2 N–H and O–H groups in total. The highest BCUT2D eigenvalue weighted by Gasteiger charge is 2.29. The van der Waals surface area contributed by atoms with E-state index in [0.29, 0.717) is 16.0 Å². The third-order valence-electron chi connectivity index (χ3n) is 4.28. The van der Waals surface area contributed by atoms with Gasteiger partial charge in [-0.1, -0.05) is 61.9 Å². The molecular formula is C15H21Cl2N. The lowest BCUT2D eigenvalue weighted by Gasteiger charge is -2.35. The highest BCUT2D eigenvalue weighted by atomic mass is 35.5. The van der Waals surface area contributed by atoms with Gasteiger partial charge in [0.25, 0.3) is 0 Å². The summed E-state index contributed by atoms with van der Waals surface area (Å²) in [6.45, 7) is 2.27. The Hall–Kier alpha value is -0.240. The first-order valence-corrected chi connectivity index (χ1v) is 7.59. The van der Waals surface area contributed by atoms with Crippen molar-refractivity contribution in [3.05, 3.63) is 33.8 Å². The van der Waals surface area contributed by atoms with Crippen LogP contribution in [0.25, 0.3) is 0 Å². The SMILES string of the molecule is CCC1CCCCC1C(N)c1ccc(Cl)c(Cl)c1. The van der Waals surface area contributed by atoms with Gasteiger partial charge in [0.2, 0.25) is 0 Å². The Morgan fingerprint density at radius 1 is 1.22 bits per heavy atom. The van der Waals surface area contributed by atoms with Crippen LogP contribution in [-0.4, -0.2) is 0 Å². The van der Waals surface area contributed by atoms with Crippen LogP contribution in [0.2, 0.25) is 10.0 Å². The van der Waals surface area contributed by atoms with E-state index in [0.717, 1.165) is 11.5 Å². The lowest BCUT2D eigenvalue weighted by atomic mass is 9.73. The molecule has 0 heterocycles. The molecule has 100 valence electrons. The van der Waals surface area contributed by atoms with Gasteiger partial charge in [0.1, 0.15) is 0 Å². The maximum atomic E-state index is 6.45. The third-order valence-corrected chi connectivity index (χ3v) is 5.02. The van der Waals surface area contributed by atoms with Crippen molar-refractivity contribution >= 4 is 23.2 Å². The van der Waals surface area contributed by atoms with Gasteiger partial charge in [0.15, 0.2) is 0 Å². The first-order chi connectivity index (χ1) is 8.63. The molecule has 1 aliphatic carbocycles. The van der Waals surface area contributed by atoms with Gasteiger partial charge in [-0.25, -0.2) is 0 Å². The van der Waals surface area contributed by atoms with E-state index in [4.69, 9.17) is 28.9 Å². The smallest absolute Gasteiger partial charge is 0.0595 e. The molecule has 1 aliphatic rings. The average Bonchev–Trinajstić information content (AvgIpc) is 2.41. The van der Waals surface area contributed by atoms with Crippen molar-refractivity contribution in [2.45, 2.75) is 45.1 Å². The van der Waals surface area contributed by atoms with Crippen LogP contribution in [0.5, 0.6) is 0 Å². The Labute approximate surface area is 120 Å². The van der Waals surface area contributed by atoms with Crippen LogP contribution in [0, 0.1) is 11.8 Å². The minimum Gasteiger partial charge on any atom is -0.324 e. The Morgan fingerprint density at radius 2 is 1.94 bits per heavy atom. The molecule has 1 fully saturated rings. The molecule has 3 atom stereocenters. The van der Waals surface area contributed by atoms with E-state index in [1.54, 1.807) is 0 Å². The molecule has 1 saturated carbocycles. The van der Waals surface area contributed by atoms with Crippen molar-refractivity contribution in [3.63, 3.8) is 0 Å². The molecule has 1 aromatic rings. The van der Waals surface area contributed by atoms with Crippen molar-refractivity contribution in [3.8, 4) is 0 Å². The second kappa shape index (κ2) is 6.27.